The molecule has 0 atom stereocenters. The second kappa shape index (κ2) is 5.18. The van der Waals surface area contributed by atoms with Crippen molar-refractivity contribution >= 4 is 17.4 Å². The number of amides is 1. The maximum atomic E-state index is 11.6. The standard InChI is InChI=1S/C9H14N4OS/c14-9(13-3-1-2-4-13)6-10-5-8-7-15-12-11-8/h7,10H,1-6H2. The number of rotatable bonds is 4. The zero-order valence-corrected chi connectivity index (χ0v) is 9.29. The Labute approximate surface area is 92.6 Å². The zero-order valence-electron chi connectivity index (χ0n) is 8.48. The van der Waals surface area contributed by atoms with Crippen LogP contribution in [-0.4, -0.2) is 40.0 Å². The van der Waals surface area contributed by atoms with Crippen molar-refractivity contribution in [1.82, 2.24) is 19.8 Å². The van der Waals surface area contributed by atoms with Crippen LogP contribution in [0.2, 0.25) is 0 Å². The Bertz CT molecular complexity index is 308. The highest BCUT2D eigenvalue weighted by molar-refractivity contribution is 7.03. The molecular formula is C9H14N4OS. The highest BCUT2D eigenvalue weighted by Crippen LogP contribution is 2.06. The van der Waals surface area contributed by atoms with Gasteiger partial charge in [-0.2, -0.15) is 0 Å². The largest absolute Gasteiger partial charge is 0.342 e. The number of aromatic nitrogens is 2. The maximum Gasteiger partial charge on any atom is 0.236 e. The molecule has 1 amide bonds. The van der Waals surface area contributed by atoms with E-state index < -0.39 is 0 Å². The van der Waals surface area contributed by atoms with Crippen molar-refractivity contribution in [3.63, 3.8) is 0 Å². The first-order valence-corrected chi connectivity index (χ1v) is 5.94. The van der Waals surface area contributed by atoms with E-state index >= 15 is 0 Å². The van der Waals surface area contributed by atoms with Crippen molar-refractivity contribution in [3.05, 3.63) is 11.1 Å². The molecule has 0 unspecified atom stereocenters. The first-order chi connectivity index (χ1) is 7.36. The summed E-state index contributed by atoms with van der Waals surface area (Å²) in [6.07, 6.45) is 2.28. The number of hydrogen-bond donors (Lipinski definition) is 1. The molecule has 15 heavy (non-hydrogen) atoms. The highest BCUT2D eigenvalue weighted by atomic mass is 32.1. The quantitative estimate of drug-likeness (QED) is 0.799. The van der Waals surface area contributed by atoms with E-state index in [1.54, 1.807) is 0 Å². The van der Waals surface area contributed by atoms with Crippen LogP contribution in [0.25, 0.3) is 0 Å². The second-order valence-corrected chi connectivity index (χ2v) is 4.20. The van der Waals surface area contributed by atoms with Crippen molar-refractivity contribution < 1.29 is 4.79 Å². The number of likely N-dealkylation sites (tertiary alicyclic amines) is 1. The van der Waals surface area contributed by atoms with Crippen molar-refractivity contribution in [1.29, 1.82) is 0 Å². The minimum absolute atomic E-state index is 0.190. The van der Waals surface area contributed by atoms with E-state index in [0.29, 0.717) is 13.1 Å². The fraction of sp³-hybridized carbons (Fsp3) is 0.667. The molecule has 0 aliphatic carbocycles. The van der Waals surface area contributed by atoms with Gasteiger partial charge in [0.1, 0.15) is 0 Å². The molecule has 0 saturated carbocycles. The third-order valence-corrected chi connectivity index (χ3v) is 3.00. The van der Waals surface area contributed by atoms with Crippen LogP contribution < -0.4 is 5.32 Å². The number of hydrogen-bond acceptors (Lipinski definition) is 5. The van der Waals surface area contributed by atoms with E-state index in [9.17, 15) is 4.79 Å². The predicted molar refractivity (Wildman–Crippen MR) is 57.4 cm³/mol. The molecule has 0 bridgehead atoms. The molecule has 0 radical (unpaired) electrons. The van der Waals surface area contributed by atoms with Gasteiger partial charge in [0.25, 0.3) is 0 Å². The van der Waals surface area contributed by atoms with Crippen LogP contribution in [0.3, 0.4) is 0 Å². The summed E-state index contributed by atoms with van der Waals surface area (Å²) in [5.74, 6) is 0.190. The Kier molecular flexibility index (Phi) is 3.63. The van der Waals surface area contributed by atoms with Crippen LogP contribution in [-0.2, 0) is 11.3 Å². The van der Waals surface area contributed by atoms with Crippen LogP contribution >= 0.6 is 11.5 Å². The van der Waals surface area contributed by atoms with E-state index in [0.717, 1.165) is 31.6 Å². The monoisotopic (exact) mass is 226 g/mol. The molecule has 0 aromatic carbocycles. The van der Waals surface area contributed by atoms with Crippen molar-refractivity contribution in [2.45, 2.75) is 19.4 Å². The molecule has 1 N–H and O–H groups in total. The average molecular weight is 226 g/mol. The van der Waals surface area contributed by atoms with E-state index in [1.807, 2.05) is 10.3 Å². The highest BCUT2D eigenvalue weighted by Gasteiger charge is 2.16. The molecule has 6 heteroatoms. The summed E-state index contributed by atoms with van der Waals surface area (Å²) in [6, 6.07) is 0. The smallest absolute Gasteiger partial charge is 0.236 e. The van der Waals surface area contributed by atoms with Crippen LogP contribution in [0.15, 0.2) is 5.38 Å². The van der Waals surface area contributed by atoms with E-state index in [1.165, 1.54) is 11.5 Å². The molecular weight excluding hydrogens is 212 g/mol. The van der Waals surface area contributed by atoms with Crippen LogP contribution in [0.1, 0.15) is 18.5 Å². The number of carbonyl (C=O) groups excluding carboxylic acids is 1. The summed E-state index contributed by atoms with van der Waals surface area (Å²) in [5.41, 5.74) is 0.897. The molecule has 1 aromatic rings. The molecule has 2 rings (SSSR count). The number of nitrogens with zero attached hydrogens (tertiary/aromatic N) is 3. The third-order valence-electron chi connectivity index (χ3n) is 2.45. The minimum Gasteiger partial charge on any atom is -0.342 e. The lowest BCUT2D eigenvalue weighted by molar-refractivity contribution is -0.129. The van der Waals surface area contributed by atoms with Gasteiger partial charge in [-0.25, -0.2) is 0 Å². The van der Waals surface area contributed by atoms with Crippen molar-refractivity contribution in [2.24, 2.45) is 0 Å². The van der Waals surface area contributed by atoms with Gasteiger partial charge in [-0.1, -0.05) is 4.49 Å². The van der Waals surface area contributed by atoms with E-state index in [4.69, 9.17) is 0 Å². The van der Waals surface area contributed by atoms with Gasteiger partial charge in [0.15, 0.2) is 0 Å². The lowest BCUT2D eigenvalue weighted by Gasteiger charge is -2.14. The third kappa shape index (κ3) is 2.97. The molecule has 2 heterocycles. The van der Waals surface area contributed by atoms with E-state index in [2.05, 4.69) is 14.9 Å². The summed E-state index contributed by atoms with van der Waals surface area (Å²) >= 11 is 1.33. The zero-order chi connectivity index (χ0) is 10.5. The van der Waals surface area contributed by atoms with Gasteiger partial charge < -0.3 is 10.2 Å². The van der Waals surface area contributed by atoms with Gasteiger partial charge in [-0.15, -0.1) is 5.10 Å². The SMILES string of the molecule is O=C(CNCc1csnn1)N1CCCC1. The molecule has 1 aliphatic rings. The molecule has 1 aliphatic heterocycles. The fourth-order valence-corrected chi connectivity index (χ4v) is 2.09. The van der Waals surface area contributed by atoms with Gasteiger partial charge in [0.2, 0.25) is 5.91 Å². The first kappa shape index (κ1) is 10.5. The lowest BCUT2D eigenvalue weighted by Crippen LogP contribution is -2.36. The molecule has 0 spiro atoms. The van der Waals surface area contributed by atoms with Gasteiger partial charge in [-0.05, 0) is 24.4 Å². The average Bonchev–Trinajstić information content (AvgIpc) is 2.90. The summed E-state index contributed by atoms with van der Waals surface area (Å²) < 4.78 is 3.75. The Morgan fingerprint density at radius 1 is 1.53 bits per heavy atom. The van der Waals surface area contributed by atoms with Gasteiger partial charge in [-0.3, -0.25) is 4.79 Å². The Balaban J connectivity index is 1.67. The summed E-state index contributed by atoms with van der Waals surface area (Å²) in [7, 11) is 0. The molecule has 1 fully saturated rings. The van der Waals surface area contributed by atoms with Gasteiger partial charge in [0.05, 0.1) is 12.2 Å². The van der Waals surface area contributed by atoms with Gasteiger partial charge in [0, 0.05) is 25.0 Å². The molecule has 5 nitrogen and oxygen atoms in total. The molecule has 1 saturated heterocycles. The summed E-state index contributed by atoms with van der Waals surface area (Å²) in [5, 5.41) is 8.85. The predicted octanol–water partition coefficient (Wildman–Crippen LogP) is 0.250. The molecule has 1 aromatic heterocycles. The first-order valence-electron chi connectivity index (χ1n) is 5.10. The summed E-state index contributed by atoms with van der Waals surface area (Å²) in [6.45, 7) is 2.85. The minimum atomic E-state index is 0.190. The number of carbonyl (C=O) groups is 1. The Hall–Kier alpha value is -1.01. The van der Waals surface area contributed by atoms with Crippen LogP contribution in [0.5, 0.6) is 0 Å². The van der Waals surface area contributed by atoms with Crippen LogP contribution in [0.4, 0.5) is 0 Å². The van der Waals surface area contributed by atoms with Gasteiger partial charge >= 0.3 is 0 Å². The van der Waals surface area contributed by atoms with E-state index in [-0.39, 0.29) is 5.91 Å². The lowest BCUT2D eigenvalue weighted by atomic mass is 10.4. The number of nitrogens with one attached hydrogen (secondary N) is 1. The Morgan fingerprint density at radius 2 is 2.33 bits per heavy atom. The van der Waals surface area contributed by atoms with Crippen LogP contribution in [0, 0.1) is 0 Å². The second-order valence-electron chi connectivity index (χ2n) is 3.59. The molecule has 82 valence electrons. The van der Waals surface area contributed by atoms with Crippen molar-refractivity contribution in [2.75, 3.05) is 19.6 Å². The fourth-order valence-electron chi connectivity index (χ4n) is 1.64. The topological polar surface area (TPSA) is 58.1 Å². The Morgan fingerprint density at radius 3 is 3.00 bits per heavy atom. The summed E-state index contributed by atoms with van der Waals surface area (Å²) in [4.78, 5) is 13.5. The normalized spacial score (nSPS) is 15.9. The van der Waals surface area contributed by atoms with Crippen molar-refractivity contribution in [3.8, 4) is 0 Å². The maximum absolute atomic E-state index is 11.6.